The molecule has 0 aliphatic rings. The quantitative estimate of drug-likeness (QED) is 0.849. The molecule has 3 nitrogen and oxygen atoms in total. The van der Waals surface area contributed by atoms with Gasteiger partial charge < -0.3 is 0 Å². The van der Waals surface area contributed by atoms with Crippen molar-refractivity contribution in [3.8, 4) is 11.4 Å². The highest BCUT2D eigenvalue weighted by Gasteiger charge is 2.16. The molecule has 0 bridgehead atoms. The number of rotatable bonds is 2. The van der Waals surface area contributed by atoms with Gasteiger partial charge in [0.15, 0.2) is 5.82 Å². The first-order valence-electron chi connectivity index (χ1n) is 4.53. The van der Waals surface area contributed by atoms with Crippen LogP contribution in [0.2, 0.25) is 0 Å². The standard InChI is InChI=1S/C10H8BrF2N3/c1-16-10(14-9(15-16)8(12)13)6-2-4-7(11)5-3-6/h2-5,8H,1H3. The fraction of sp³-hybridized carbons (Fsp3) is 0.200. The maximum Gasteiger partial charge on any atom is 0.299 e. The summed E-state index contributed by atoms with van der Waals surface area (Å²) in [5.41, 5.74) is 0.755. The minimum atomic E-state index is -2.64. The fourth-order valence-corrected chi connectivity index (χ4v) is 1.61. The van der Waals surface area contributed by atoms with Crippen LogP contribution in [0.5, 0.6) is 0 Å². The molecule has 0 N–H and O–H groups in total. The van der Waals surface area contributed by atoms with Crippen molar-refractivity contribution >= 4 is 15.9 Å². The van der Waals surface area contributed by atoms with Gasteiger partial charge in [-0.05, 0) is 12.1 Å². The number of hydrogen-bond acceptors (Lipinski definition) is 2. The summed E-state index contributed by atoms with van der Waals surface area (Å²) >= 11 is 3.30. The van der Waals surface area contributed by atoms with E-state index < -0.39 is 12.2 Å². The number of benzene rings is 1. The number of aryl methyl sites for hydroxylation is 1. The lowest BCUT2D eigenvalue weighted by molar-refractivity contribution is 0.140. The van der Waals surface area contributed by atoms with Gasteiger partial charge in [-0.25, -0.2) is 18.4 Å². The lowest BCUT2D eigenvalue weighted by atomic mass is 10.2. The van der Waals surface area contributed by atoms with E-state index in [2.05, 4.69) is 26.0 Å². The van der Waals surface area contributed by atoms with Crippen LogP contribution in [-0.2, 0) is 7.05 Å². The van der Waals surface area contributed by atoms with Crippen LogP contribution in [0, 0.1) is 0 Å². The van der Waals surface area contributed by atoms with Gasteiger partial charge in [-0.3, -0.25) is 0 Å². The van der Waals surface area contributed by atoms with E-state index in [-0.39, 0.29) is 0 Å². The zero-order valence-electron chi connectivity index (χ0n) is 8.36. The Bertz CT molecular complexity index is 493. The van der Waals surface area contributed by atoms with E-state index in [1.165, 1.54) is 4.68 Å². The van der Waals surface area contributed by atoms with Crippen LogP contribution >= 0.6 is 15.9 Å². The van der Waals surface area contributed by atoms with Crippen LogP contribution in [-0.4, -0.2) is 14.8 Å². The van der Waals surface area contributed by atoms with Crippen LogP contribution in [0.25, 0.3) is 11.4 Å². The highest BCUT2D eigenvalue weighted by molar-refractivity contribution is 9.10. The third-order valence-corrected chi connectivity index (χ3v) is 2.61. The van der Waals surface area contributed by atoms with E-state index in [9.17, 15) is 8.78 Å². The Balaban J connectivity index is 2.44. The molecule has 0 aliphatic carbocycles. The Labute approximate surface area is 99.2 Å². The van der Waals surface area contributed by atoms with Crippen LogP contribution in [0.4, 0.5) is 8.78 Å². The number of aromatic nitrogens is 3. The van der Waals surface area contributed by atoms with Crippen molar-refractivity contribution in [3.63, 3.8) is 0 Å². The molecule has 16 heavy (non-hydrogen) atoms. The predicted octanol–water partition coefficient (Wildman–Crippen LogP) is 3.18. The van der Waals surface area contributed by atoms with Crippen molar-refractivity contribution in [2.45, 2.75) is 6.43 Å². The van der Waals surface area contributed by atoms with Crippen LogP contribution in [0.3, 0.4) is 0 Å². The van der Waals surface area contributed by atoms with E-state index >= 15 is 0 Å². The summed E-state index contributed by atoms with van der Waals surface area (Å²) in [7, 11) is 1.59. The highest BCUT2D eigenvalue weighted by atomic mass is 79.9. The number of alkyl halides is 2. The molecule has 0 amide bonds. The Hall–Kier alpha value is -1.30. The normalized spacial score (nSPS) is 11.1. The highest BCUT2D eigenvalue weighted by Crippen LogP contribution is 2.22. The number of hydrogen-bond donors (Lipinski definition) is 0. The molecule has 1 aromatic carbocycles. The average molecular weight is 288 g/mol. The number of nitrogens with zero attached hydrogens (tertiary/aromatic N) is 3. The van der Waals surface area contributed by atoms with Gasteiger partial charge in [0.2, 0.25) is 5.82 Å². The second-order valence-electron chi connectivity index (χ2n) is 3.22. The third-order valence-electron chi connectivity index (χ3n) is 2.08. The summed E-state index contributed by atoms with van der Waals surface area (Å²) in [6.07, 6.45) is -2.64. The van der Waals surface area contributed by atoms with E-state index in [4.69, 9.17) is 0 Å². The first-order chi connectivity index (χ1) is 7.58. The first kappa shape index (κ1) is 11.2. The largest absolute Gasteiger partial charge is 0.299 e. The van der Waals surface area contributed by atoms with Gasteiger partial charge in [0.25, 0.3) is 6.43 Å². The van der Waals surface area contributed by atoms with Gasteiger partial charge in [0.05, 0.1) is 0 Å². The second-order valence-corrected chi connectivity index (χ2v) is 4.14. The van der Waals surface area contributed by atoms with Gasteiger partial charge >= 0.3 is 0 Å². The molecule has 0 saturated carbocycles. The van der Waals surface area contributed by atoms with Gasteiger partial charge in [0, 0.05) is 17.1 Å². The molecule has 2 aromatic rings. The van der Waals surface area contributed by atoms with Crippen molar-refractivity contribution in [1.82, 2.24) is 14.8 Å². The fourth-order valence-electron chi connectivity index (χ4n) is 1.35. The molecule has 0 aliphatic heterocycles. The Morgan fingerprint density at radius 2 is 1.88 bits per heavy atom. The van der Waals surface area contributed by atoms with E-state index in [0.717, 1.165) is 10.0 Å². The van der Waals surface area contributed by atoms with E-state index in [1.54, 1.807) is 19.2 Å². The maximum absolute atomic E-state index is 12.4. The van der Waals surface area contributed by atoms with Gasteiger partial charge in [0.1, 0.15) is 0 Å². The predicted molar refractivity (Wildman–Crippen MR) is 59.1 cm³/mol. The van der Waals surface area contributed by atoms with Crippen LogP contribution in [0.15, 0.2) is 28.7 Å². The number of halogens is 3. The summed E-state index contributed by atoms with van der Waals surface area (Å²) in [5.74, 6) is -0.0109. The van der Waals surface area contributed by atoms with Crippen molar-refractivity contribution in [3.05, 3.63) is 34.6 Å². The monoisotopic (exact) mass is 287 g/mol. The zero-order chi connectivity index (χ0) is 11.7. The Morgan fingerprint density at radius 3 is 2.38 bits per heavy atom. The van der Waals surface area contributed by atoms with E-state index in [1.807, 2.05) is 12.1 Å². The summed E-state index contributed by atoms with van der Waals surface area (Å²) in [4.78, 5) is 3.80. The molecule has 0 unspecified atom stereocenters. The molecule has 0 fully saturated rings. The summed E-state index contributed by atoms with van der Waals surface area (Å²) in [5, 5.41) is 3.65. The van der Waals surface area contributed by atoms with Crippen molar-refractivity contribution in [2.24, 2.45) is 7.05 Å². The molecular formula is C10H8BrF2N3. The minimum Gasteiger partial charge on any atom is -0.248 e. The molecule has 0 saturated heterocycles. The molecule has 1 aromatic heterocycles. The van der Waals surface area contributed by atoms with Crippen LogP contribution in [0.1, 0.15) is 12.2 Å². The molecular weight excluding hydrogens is 280 g/mol. The molecule has 6 heteroatoms. The average Bonchev–Trinajstić information content (AvgIpc) is 2.62. The topological polar surface area (TPSA) is 30.7 Å². The molecule has 84 valence electrons. The Kier molecular flexibility index (Phi) is 3.00. The van der Waals surface area contributed by atoms with Crippen molar-refractivity contribution in [2.75, 3.05) is 0 Å². The first-order valence-corrected chi connectivity index (χ1v) is 5.32. The lowest BCUT2D eigenvalue weighted by Gasteiger charge is -1.99. The summed E-state index contributed by atoms with van der Waals surface area (Å²) < 4.78 is 27.1. The Morgan fingerprint density at radius 1 is 1.25 bits per heavy atom. The molecule has 0 spiro atoms. The second kappa shape index (κ2) is 4.29. The third kappa shape index (κ3) is 2.11. The van der Waals surface area contributed by atoms with Crippen LogP contribution < -0.4 is 0 Å². The van der Waals surface area contributed by atoms with Crippen molar-refractivity contribution in [1.29, 1.82) is 0 Å². The summed E-state index contributed by atoms with van der Waals surface area (Å²) in [6.45, 7) is 0. The van der Waals surface area contributed by atoms with Crippen molar-refractivity contribution < 1.29 is 8.78 Å². The maximum atomic E-state index is 12.4. The van der Waals surface area contributed by atoms with Gasteiger partial charge in [-0.15, -0.1) is 5.10 Å². The van der Waals surface area contributed by atoms with E-state index in [0.29, 0.717) is 5.82 Å². The SMILES string of the molecule is Cn1nc(C(F)F)nc1-c1ccc(Br)cc1. The smallest absolute Gasteiger partial charge is 0.248 e. The molecule has 0 radical (unpaired) electrons. The lowest BCUT2D eigenvalue weighted by Crippen LogP contribution is -1.94. The molecule has 1 heterocycles. The zero-order valence-corrected chi connectivity index (χ0v) is 9.95. The van der Waals surface area contributed by atoms with Gasteiger partial charge in [-0.1, -0.05) is 28.1 Å². The summed E-state index contributed by atoms with van der Waals surface area (Å²) in [6, 6.07) is 7.24. The molecule has 2 rings (SSSR count). The minimum absolute atomic E-state index is 0.433. The molecule has 0 atom stereocenters. The van der Waals surface area contributed by atoms with Gasteiger partial charge in [-0.2, -0.15) is 0 Å².